The first-order valence-corrected chi connectivity index (χ1v) is 2.23. The molecule has 0 aromatic heterocycles. The number of halogens is 2. The van der Waals surface area contributed by atoms with E-state index < -0.39 is 10.3 Å². The summed E-state index contributed by atoms with van der Waals surface area (Å²) < 4.78 is 0. The van der Waals surface area contributed by atoms with E-state index in [1.807, 2.05) is 0 Å². The Kier molecular flexibility index (Phi) is 3.30. The molecular formula is C2H2Cl2N2O2. The van der Waals surface area contributed by atoms with Gasteiger partial charge in [0.1, 0.15) is 0 Å². The van der Waals surface area contributed by atoms with Gasteiger partial charge < -0.3 is 10.4 Å². The van der Waals surface area contributed by atoms with E-state index in [0.29, 0.717) is 0 Å². The highest BCUT2D eigenvalue weighted by atomic mass is 35.5. The molecule has 0 aromatic rings. The highest BCUT2D eigenvalue weighted by Crippen LogP contribution is 1.93. The zero-order chi connectivity index (χ0) is 6.57. The summed E-state index contributed by atoms with van der Waals surface area (Å²) in [7, 11) is 0. The van der Waals surface area contributed by atoms with Crippen LogP contribution in [0.3, 0.4) is 0 Å². The van der Waals surface area contributed by atoms with Crippen molar-refractivity contribution in [2.75, 3.05) is 0 Å². The van der Waals surface area contributed by atoms with E-state index in [1.165, 1.54) is 0 Å². The van der Waals surface area contributed by atoms with E-state index >= 15 is 0 Å². The van der Waals surface area contributed by atoms with Gasteiger partial charge in [-0.1, -0.05) is 33.5 Å². The standard InChI is InChI=1S/C2H2Cl2N2O2/c3-1(5-7)2(4)6-8/h7-8H/b5-1-,6-2-. The monoisotopic (exact) mass is 156 g/mol. The lowest BCUT2D eigenvalue weighted by Crippen LogP contribution is -1.97. The first-order chi connectivity index (χ1) is 3.72. The van der Waals surface area contributed by atoms with Crippen molar-refractivity contribution in [1.29, 1.82) is 0 Å². The Labute approximate surface area is 55.0 Å². The van der Waals surface area contributed by atoms with Crippen molar-refractivity contribution in [3.05, 3.63) is 0 Å². The van der Waals surface area contributed by atoms with Crippen LogP contribution >= 0.6 is 23.2 Å². The smallest absolute Gasteiger partial charge is 0.208 e. The van der Waals surface area contributed by atoms with Crippen LogP contribution in [-0.2, 0) is 0 Å². The van der Waals surface area contributed by atoms with E-state index in [1.54, 1.807) is 0 Å². The molecule has 0 atom stereocenters. The maximum Gasteiger partial charge on any atom is 0.208 e. The van der Waals surface area contributed by atoms with E-state index in [9.17, 15) is 0 Å². The Bertz CT molecular complexity index is 116. The molecule has 46 valence electrons. The SMILES string of the molecule is O/N=C(Cl)/C(Cl)=N/O. The number of hydrogen-bond acceptors (Lipinski definition) is 4. The molecule has 2 N–H and O–H groups in total. The zero-order valence-electron chi connectivity index (χ0n) is 3.54. The molecule has 0 radical (unpaired) electrons. The normalized spacial score (nSPS) is 14.2. The molecule has 0 heterocycles. The average Bonchev–Trinajstić information content (AvgIpc) is 1.84. The van der Waals surface area contributed by atoms with Crippen molar-refractivity contribution in [1.82, 2.24) is 0 Å². The summed E-state index contributed by atoms with van der Waals surface area (Å²) in [6.07, 6.45) is 0. The molecule has 0 aromatic carbocycles. The summed E-state index contributed by atoms with van der Waals surface area (Å²) in [5, 5.41) is 19.6. The number of hydrogen-bond donors (Lipinski definition) is 2. The van der Waals surface area contributed by atoms with Crippen molar-refractivity contribution in [3.63, 3.8) is 0 Å². The average molecular weight is 157 g/mol. The van der Waals surface area contributed by atoms with Crippen molar-refractivity contribution in [3.8, 4) is 0 Å². The Morgan fingerprint density at radius 2 is 1.25 bits per heavy atom. The highest BCUT2D eigenvalue weighted by Gasteiger charge is 2.00. The summed E-state index contributed by atoms with van der Waals surface area (Å²) in [5.41, 5.74) is 0. The van der Waals surface area contributed by atoms with Gasteiger partial charge in [0.2, 0.25) is 10.3 Å². The number of rotatable bonds is 1. The lowest BCUT2D eigenvalue weighted by molar-refractivity contribution is 0.316. The fourth-order valence-electron chi connectivity index (χ4n) is 0.0825. The Morgan fingerprint density at radius 3 is 1.38 bits per heavy atom. The van der Waals surface area contributed by atoms with Crippen molar-refractivity contribution in [2.24, 2.45) is 10.3 Å². The minimum Gasteiger partial charge on any atom is -0.410 e. The molecule has 0 rings (SSSR count). The molecule has 0 bridgehead atoms. The maximum absolute atomic E-state index is 7.82. The molecule has 0 unspecified atom stereocenters. The Hall–Kier alpha value is -0.480. The molecule has 4 nitrogen and oxygen atoms in total. The third-order valence-corrected chi connectivity index (χ3v) is 0.952. The van der Waals surface area contributed by atoms with Gasteiger partial charge >= 0.3 is 0 Å². The van der Waals surface area contributed by atoms with E-state index in [-0.39, 0.29) is 0 Å². The third-order valence-electron chi connectivity index (χ3n) is 0.346. The van der Waals surface area contributed by atoms with Crippen molar-refractivity contribution >= 4 is 33.5 Å². The van der Waals surface area contributed by atoms with Gasteiger partial charge in [-0.3, -0.25) is 0 Å². The molecule has 0 aliphatic heterocycles. The fraction of sp³-hybridized carbons (Fsp3) is 0. The predicted octanol–water partition coefficient (Wildman–Crippen LogP) is 1.04. The van der Waals surface area contributed by atoms with Crippen LogP contribution in [0.15, 0.2) is 10.3 Å². The summed E-state index contributed by atoms with van der Waals surface area (Å²) in [6, 6.07) is 0. The fourth-order valence-corrected chi connectivity index (χ4v) is 0.158. The van der Waals surface area contributed by atoms with Crippen LogP contribution in [-0.4, -0.2) is 20.8 Å². The Balaban J connectivity index is 4.04. The minimum absolute atomic E-state index is 0.450. The third kappa shape index (κ3) is 1.99. The van der Waals surface area contributed by atoms with Crippen LogP contribution in [0.5, 0.6) is 0 Å². The summed E-state index contributed by atoms with van der Waals surface area (Å²) in [5.74, 6) is 0. The van der Waals surface area contributed by atoms with Gasteiger partial charge in [0.25, 0.3) is 0 Å². The van der Waals surface area contributed by atoms with E-state index in [2.05, 4.69) is 10.3 Å². The molecule has 8 heavy (non-hydrogen) atoms. The van der Waals surface area contributed by atoms with Crippen LogP contribution in [0.4, 0.5) is 0 Å². The lowest BCUT2D eigenvalue weighted by Gasteiger charge is -1.83. The van der Waals surface area contributed by atoms with Gasteiger partial charge in [-0.25, -0.2) is 0 Å². The lowest BCUT2D eigenvalue weighted by atomic mass is 10.8. The molecule has 0 spiro atoms. The second-order valence-electron chi connectivity index (χ2n) is 0.782. The molecule has 0 saturated carbocycles. The van der Waals surface area contributed by atoms with Gasteiger partial charge in [-0.2, -0.15) is 0 Å². The van der Waals surface area contributed by atoms with Crippen LogP contribution in [0.1, 0.15) is 0 Å². The molecule has 0 amide bonds. The second-order valence-corrected chi connectivity index (χ2v) is 1.50. The zero-order valence-corrected chi connectivity index (χ0v) is 5.06. The maximum atomic E-state index is 7.82. The minimum atomic E-state index is -0.450. The first kappa shape index (κ1) is 7.52. The summed E-state index contributed by atoms with van der Waals surface area (Å²) in [6.45, 7) is 0. The first-order valence-electron chi connectivity index (χ1n) is 1.48. The molecular weight excluding hydrogens is 155 g/mol. The van der Waals surface area contributed by atoms with E-state index in [4.69, 9.17) is 33.6 Å². The number of oxime groups is 2. The Morgan fingerprint density at radius 1 is 1.00 bits per heavy atom. The topological polar surface area (TPSA) is 65.2 Å². The van der Waals surface area contributed by atoms with Crippen molar-refractivity contribution in [2.45, 2.75) is 0 Å². The molecule has 0 aliphatic rings. The van der Waals surface area contributed by atoms with Crippen LogP contribution < -0.4 is 0 Å². The van der Waals surface area contributed by atoms with Gasteiger partial charge in [0.15, 0.2) is 0 Å². The van der Waals surface area contributed by atoms with Gasteiger partial charge in [-0.05, 0) is 0 Å². The van der Waals surface area contributed by atoms with Crippen LogP contribution in [0.25, 0.3) is 0 Å². The summed E-state index contributed by atoms with van der Waals surface area (Å²) in [4.78, 5) is 0. The largest absolute Gasteiger partial charge is 0.410 e. The van der Waals surface area contributed by atoms with E-state index in [0.717, 1.165) is 0 Å². The van der Waals surface area contributed by atoms with Gasteiger partial charge in [-0.15, -0.1) is 0 Å². The number of nitrogens with zero attached hydrogens (tertiary/aromatic N) is 2. The summed E-state index contributed by atoms with van der Waals surface area (Å²) >= 11 is 9.99. The van der Waals surface area contributed by atoms with Crippen LogP contribution in [0.2, 0.25) is 0 Å². The molecule has 0 saturated heterocycles. The van der Waals surface area contributed by atoms with Crippen molar-refractivity contribution < 1.29 is 10.4 Å². The molecule has 0 aliphatic carbocycles. The predicted molar refractivity (Wildman–Crippen MR) is 30.1 cm³/mol. The van der Waals surface area contributed by atoms with Crippen LogP contribution in [0, 0.1) is 0 Å². The molecule has 6 heteroatoms. The highest BCUT2D eigenvalue weighted by molar-refractivity contribution is 7.00. The van der Waals surface area contributed by atoms with Gasteiger partial charge in [0.05, 0.1) is 0 Å². The van der Waals surface area contributed by atoms with Gasteiger partial charge in [0, 0.05) is 0 Å². The quantitative estimate of drug-likeness (QED) is 0.339. The molecule has 0 fully saturated rings. The second kappa shape index (κ2) is 3.51.